The zero-order chi connectivity index (χ0) is 13.2. The molecule has 3 nitrogen and oxygen atoms in total. The van der Waals surface area contributed by atoms with Crippen LogP contribution in [-0.2, 0) is 0 Å². The highest BCUT2D eigenvalue weighted by atomic mass is 35.5. The van der Waals surface area contributed by atoms with Gasteiger partial charge in [-0.1, -0.05) is 18.2 Å². The first-order valence-electron chi connectivity index (χ1n) is 6.64. The van der Waals surface area contributed by atoms with Crippen molar-refractivity contribution in [2.24, 2.45) is 0 Å². The van der Waals surface area contributed by atoms with E-state index in [4.69, 9.17) is 16.0 Å². The van der Waals surface area contributed by atoms with Gasteiger partial charge in [0.1, 0.15) is 11.8 Å². The topological polar surface area (TPSA) is 33.5 Å². The van der Waals surface area contributed by atoms with E-state index in [1.807, 2.05) is 29.2 Å². The smallest absolute Gasteiger partial charge is 0.258 e. The predicted molar refractivity (Wildman–Crippen MR) is 75.6 cm³/mol. The SMILES string of the molecule is O=C(c1coc2ccccc12)N(CCCl)C1CCC1. The van der Waals surface area contributed by atoms with E-state index in [0.29, 0.717) is 24.0 Å². The van der Waals surface area contributed by atoms with Crippen molar-refractivity contribution in [2.45, 2.75) is 25.3 Å². The van der Waals surface area contributed by atoms with Gasteiger partial charge in [0.25, 0.3) is 5.91 Å². The van der Waals surface area contributed by atoms with Crippen molar-refractivity contribution < 1.29 is 9.21 Å². The average molecular weight is 278 g/mol. The number of halogens is 1. The molecule has 1 fully saturated rings. The van der Waals surface area contributed by atoms with E-state index in [1.54, 1.807) is 6.26 Å². The number of nitrogens with zero attached hydrogens (tertiary/aromatic N) is 1. The van der Waals surface area contributed by atoms with Gasteiger partial charge in [-0.2, -0.15) is 0 Å². The number of alkyl halides is 1. The summed E-state index contributed by atoms with van der Waals surface area (Å²) in [5.41, 5.74) is 1.40. The molecule has 1 aliphatic rings. The maximum absolute atomic E-state index is 12.7. The lowest BCUT2D eigenvalue weighted by Gasteiger charge is -2.37. The van der Waals surface area contributed by atoms with Gasteiger partial charge >= 0.3 is 0 Å². The van der Waals surface area contributed by atoms with Crippen LogP contribution in [0, 0.1) is 0 Å². The molecule has 3 rings (SSSR count). The second kappa shape index (κ2) is 5.25. The molecule has 1 saturated carbocycles. The van der Waals surface area contributed by atoms with Gasteiger partial charge in [-0.05, 0) is 25.3 Å². The van der Waals surface area contributed by atoms with Gasteiger partial charge in [0, 0.05) is 23.9 Å². The van der Waals surface area contributed by atoms with Gasteiger partial charge in [0.15, 0.2) is 0 Å². The largest absolute Gasteiger partial charge is 0.463 e. The third-order valence-electron chi connectivity index (χ3n) is 3.81. The zero-order valence-electron chi connectivity index (χ0n) is 10.6. The fourth-order valence-electron chi connectivity index (χ4n) is 2.54. The van der Waals surface area contributed by atoms with Crippen LogP contribution in [0.4, 0.5) is 0 Å². The Hall–Kier alpha value is -1.48. The molecular formula is C15H16ClNO2. The van der Waals surface area contributed by atoms with E-state index < -0.39 is 0 Å². The summed E-state index contributed by atoms with van der Waals surface area (Å²) < 4.78 is 5.45. The molecule has 4 heteroatoms. The van der Waals surface area contributed by atoms with Crippen LogP contribution in [0.3, 0.4) is 0 Å². The predicted octanol–water partition coefficient (Wildman–Crippen LogP) is 3.67. The molecule has 0 saturated heterocycles. The highest BCUT2D eigenvalue weighted by Crippen LogP contribution is 2.28. The third-order valence-corrected chi connectivity index (χ3v) is 3.98. The number of carbonyl (C=O) groups excluding carboxylic acids is 1. The van der Waals surface area contributed by atoms with Gasteiger partial charge in [-0.25, -0.2) is 0 Å². The number of hydrogen-bond acceptors (Lipinski definition) is 2. The van der Waals surface area contributed by atoms with E-state index in [0.717, 1.165) is 23.8 Å². The highest BCUT2D eigenvalue weighted by molar-refractivity contribution is 6.18. The lowest BCUT2D eigenvalue weighted by Crippen LogP contribution is -2.45. The summed E-state index contributed by atoms with van der Waals surface area (Å²) in [6.45, 7) is 0.602. The number of carbonyl (C=O) groups is 1. The molecule has 1 aromatic carbocycles. The van der Waals surface area contributed by atoms with Crippen molar-refractivity contribution in [3.05, 3.63) is 36.1 Å². The molecule has 0 aliphatic heterocycles. The number of fused-ring (bicyclic) bond motifs is 1. The summed E-state index contributed by atoms with van der Waals surface area (Å²) in [5.74, 6) is 0.508. The molecule has 0 spiro atoms. The van der Waals surface area contributed by atoms with Crippen molar-refractivity contribution in [3.8, 4) is 0 Å². The molecule has 100 valence electrons. The number of benzene rings is 1. The van der Waals surface area contributed by atoms with Crippen LogP contribution in [-0.4, -0.2) is 29.3 Å². The van der Waals surface area contributed by atoms with Gasteiger partial charge in [-0.15, -0.1) is 11.6 Å². The lowest BCUT2D eigenvalue weighted by molar-refractivity contribution is 0.0599. The summed E-state index contributed by atoms with van der Waals surface area (Å²) in [7, 11) is 0. The van der Waals surface area contributed by atoms with Gasteiger partial charge in [-0.3, -0.25) is 4.79 Å². The maximum Gasteiger partial charge on any atom is 0.258 e. The molecule has 0 unspecified atom stereocenters. The lowest BCUT2D eigenvalue weighted by atomic mass is 9.91. The first-order valence-corrected chi connectivity index (χ1v) is 7.18. The van der Waals surface area contributed by atoms with Crippen LogP contribution >= 0.6 is 11.6 Å². The minimum atomic E-state index is 0.0373. The first-order chi connectivity index (χ1) is 9.31. The van der Waals surface area contributed by atoms with Crippen LogP contribution in [0.2, 0.25) is 0 Å². The van der Waals surface area contributed by atoms with Crippen LogP contribution in [0.15, 0.2) is 34.9 Å². The van der Waals surface area contributed by atoms with Gasteiger partial charge < -0.3 is 9.32 Å². The zero-order valence-corrected chi connectivity index (χ0v) is 11.4. The van der Waals surface area contributed by atoms with E-state index in [1.165, 1.54) is 6.42 Å². The van der Waals surface area contributed by atoms with Crippen molar-refractivity contribution in [1.29, 1.82) is 0 Å². The normalized spacial score (nSPS) is 15.4. The van der Waals surface area contributed by atoms with Crippen LogP contribution < -0.4 is 0 Å². The molecule has 19 heavy (non-hydrogen) atoms. The first kappa shape index (κ1) is 12.5. The van der Waals surface area contributed by atoms with E-state index >= 15 is 0 Å². The summed E-state index contributed by atoms with van der Waals surface area (Å²) in [4.78, 5) is 14.5. The second-order valence-electron chi connectivity index (χ2n) is 4.92. The van der Waals surface area contributed by atoms with Crippen molar-refractivity contribution in [1.82, 2.24) is 4.90 Å². The Kier molecular flexibility index (Phi) is 3.47. The molecule has 0 bridgehead atoms. The van der Waals surface area contributed by atoms with E-state index in [-0.39, 0.29) is 5.91 Å². The van der Waals surface area contributed by atoms with E-state index in [9.17, 15) is 4.79 Å². The van der Waals surface area contributed by atoms with Crippen LogP contribution in [0.5, 0.6) is 0 Å². The number of furan rings is 1. The molecule has 1 amide bonds. The molecular weight excluding hydrogens is 262 g/mol. The molecule has 1 aliphatic carbocycles. The van der Waals surface area contributed by atoms with E-state index in [2.05, 4.69) is 0 Å². The Labute approximate surface area is 117 Å². The Morgan fingerprint density at radius 2 is 2.16 bits per heavy atom. The monoisotopic (exact) mass is 277 g/mol. The molecule has 1 aromatic heterocycles. The Balaban J connectivity index is 1.92. The minimum absolute atomic E-state index is 0.0373. The Morgan fingerprint density at radius 1 is 1.37 bits per heavy atom. The highest BCUT2D eigenvalue weighted by Gasteiger charge is 2.30. The minimum Gasteiger partial charge on any atom is -0.463 e. The molecule has 1 heterocycles. The number of rotatable bonds is 4. The summed E-state index contributed by atoms with van der Waals surface area (Å²) in [6, 6.07) is 7.97. The molecule has 2 aromatic rings. The Morgan fingerprint density at radius 3 is 2.84 bits per heavy atom. The number of hydrogen-bond donors (Lipinski definition) is 0. The van der Waals surface area contributed by atoms with Crippen molar-refractivity contribution in [3.63, 3.8) is 0 Å². The standard InChI is InChI=1S/C15H16ClNO2/c16-8-9-17(11-4-3-5-11)15(18)13-10-19-14-7-2-1-6-12(13)14/h1-2,6-7,10-11H,3-5,8-9H2. The van der Waals surface area contributed by atoms with Crippen LogP contribution in [0.25, 0.3) is 11.0 Å². The number of para-hydroxylation sites is 1. The third kappa shape index (κ3) is 2.23. The number of amides is 1. The summed E-state index contributed by atoms with van der Waals surface area (Å²) in [6.07, 6.45) is 4.92. The van der Waals surface area contributed by atoms with Gasteiger partial charge in [0.2, 0.25) is 0 Å². The van der Waals surface area contributed by atoms with Gasteiger partial charge in [0.05, 0.1) is 5.56 Å². The Bertz CT molecular complexity index is 589. The quantitative estimate of drug-likeness (QED) is 0.799. The fourth-order valence-corrected chi connectivity index (χ4v) is 2.72. The average Bonchev–Trinajstić information content (AvgIpc) is 2.79. The molecule has 0 radical (unpaired) electrons. The van der Waals surface area contributed by atoms with Crippen molar-refractivity contribution >= 4 is 28.5 Å². The summed E-state index contributed by atoms with van der Waals surface area (Å²) in [5, 5.41) is 0.881. The summed E-state index contributed by atoms with van der Waals surface area (Å²) >= 11 is 5.83. The van der Waals surface area contributed by atoms with Crippen molar-refractivity contribution in [2.75, 3.05) is 12.4 Å². The van der Waals surface area contributed by atoms with Crippen LogP contribution in [0.1, 0.15) is 29.6 Å². The fraction of sp³-hybridized carbons (Fsp3) is 0.400. The molecule has 0 atom stereocenters. The molecule has 0 N–H and O–H groups in total. The maximum atomic E-state index is 12.7. The second-order valence-corrected chi connectivity index (χ2v) is 5.30.